The van der Waals surface area contributed by atoms with Gasteiger partial charge in [-0.25, -0.2) is 12.7 Å². The van der Waals surface area contributed by atoms with Gasteiger partial charge in [0.05, 0.1) is 5.75 Å². The SMILES string of the molecule is CCC(C)C(=O)c1cccc(CCS(=O)(=O)N2CCC3(CC2)N=C(c2cccc(OC(F)(F)F)c2)NC3=O)c1C. The minimum Gasteiger partial charge on any atom is -0.406 e. The number of aliphatic imine (C=N–C) groups is 1. The molecule has 40 heavy (non-hydrogen) atoms. The molecule has 1 saturated heterocycles. The third kappa shape index (κ3) is 6.38. The summed E-state index contributed by atoms with van der Waals surface area (Å²) >= 11 is 0. The summed E-state index contributed by atoms with van der Waals surface area (Å²) < 4.78 is 69.5. The van der Waals surface area contributed by atoms with Gasteiger partial charge in [0.25, 0.3) is 5.91 Å². The molecule has 0 aliphatic carbocycles. The van der Waals surface area contributed by atoms with Gasteiger partial charge in [0.2, 0.25) is 10.0 Å². The third-order valence-corrected chi connectivity index (χ3v) is 9.54. The molecule has 2 heterocycles. The average Bonchev–Trinajstić information content (AvgIpc) is 3.21. The number of halogens is 3. The van der Waals surface area contributed by atoms with Gasteiger partial charge in [0, 0.05) is 30.1 Å². The number of carbonyl (C=O) groups excluding carboxylic acids is 2. The summed E-state index contributed by atoms with van der Waals surface area (Å²) in [4.78, 5) is 30.1. The number of aryl methyl sites for hydroxylation is 1. The van der Waals surface area contributed by atoms with Crippen LogP contribution < -0.4 is 10.1 Å². The number of sulfonamides is 1. The Morgan fingerprint density at radius 2 is 1.85 bits per heavy atom. The Morgan fingerprint density at radius 1 is 1.18 bits per heavy atom. The van der Waals surface area contributed by atoms with Crippen molar-refractivity contribution in [2.75, 3.05) is 18.8 Å². The van der Waals surface area contributed by atoms with E-state index in [1.807, 2.05) is 26.8 Å². The van der Waals surface area contributed by atoms with Crippen molar-refractivity contribution >= 4 is 27.5 Å². The standard InChI is InChI=1S/C28H32F3N3O5S/c1-4-18(2)24(35)23-10-6-7-20(19(23)3)11-16-40(37,38)34-14-12-27(13-15-34)26(36)32-25(33-27)21-8-5-9-22(17-21)39-28(29,30)31/h5-10,17-18H,4,11-16H2,1-3H3,(H,32,33,36). The number of amides is 1. The molecule has 2 aromatic carbocycles. The van der Waals surface area contributed by atoms with Gasteiger partial charge in [-0.05, 0) is 55.9 Å². The number of rotatable bonds is 9. The zero-order chi connectivity index (χ0) is 29.3. The van der Waals surface area contributed by atoms with Crippen LogP contribution >= 0.6 is 0 Å². The van der Waals surface area contributed by atoms with E-state index in [0.29, 0.717) is 5.56 Å². The summed E-state index contributed by atoms with van der Waals surface area (Å²) in [5, 5.41) is 2.63. The molecule has 2 aliphatic heterocycles. The molecule has 1 unspecified atom stereocenters. The molecule has 0 radical (unpaired) electrons. The van der Waals surface area contributed by atoms with E-state index in [9.17, 15) is 31.2 Å². The Balaban J connectivity index is 1.42. The molecule has 1 spiro atoms. The minimum absolute atomic E-state index is 0.0420. The number of hydrogen-bond donors (Lipinski definition) is 1. The van der Waals surface area contributed by atoms with E-state index >= 15 is 0 Å². The first kappa shape index (κ1) is 29.7. The fourth-order valence-electron chi connectivity index (χ4n) is 5.01. The number of piperidine rings is 1. The van der Waals surface area contributed by atoms with Crippen LogP contribution in [0.1, 0.15) is 60.2 Å². The smallest absolute Gasteiger partial charge is 0.406 e. The van der Waals surface area contributed by atoms with Crippen molar-refractivity contribution in [3.8, 4) is 5.75 Å². The molecule has 0 bridgehead atoms. The van der Waals surface area contributed by atoms with Gasteiger partial charge in [0.1, 0.15) is 17.1 Å². The molecule has 2 aliphatic rings. The Hall–Kier alpha value is -3.25. The fourth-order valence-corrected chi connectivity index (χ4v) is 6.48. The number of hydrogen-bond acceptors (Lipinski definition) is 6. The van der Waals surface area contributed by atoms with Gasteiger partial charge in [-0.3, -0.25) is 14.6 Å². The van der Waals surface area contributed by atoms with E-state index < -0.39 is 33.6 Å². The van der Waals surface area contributed by atoms with E-state index in [1.165, 1.54) is 16.4 Å². The fraction of sp³-hybridized carbons (Fsp3) is 0.464. The zero-order valence-corrected chi connectivity index (χ0v) is 23.4. The van der Waals surface area contributed by atoms with Crippen molar-refractivity contribution in [2.45, 2.75) is 58.4 Å². The monoisotopic (exact) mass is 579 g/mol. The van der Waals surface area contributed by atoms with E-state index in [1.54, 1.807) is 12.1 Å². The minimum atomic E-state index is -4.86. The zero-order valence-electron chi connectivity index (χ0n) is 22.5. The Labute approximate surface area is 231 Å². The summed E-state index contributed by atoms with van der Waals surface area (Å²) in [5.41, 5.74) is 1.26. The molecule has 1 amide bonds. The van der Waals surface area contributed by atoms with Crippen LogP contribution in [0.5, 0.6) is 5.75 Å². The number of nitrogens with one attached hydrogen (secondary N) is 1. The maximum absolute atomic E-state index is 13.2. The van der Waals surface area contributed by atoms with Crippen molar-refractivity contribution in [3.63, 3.8) is 0 Å². The second kappa shape index (κ2) is 11.3. The molecule has 1 fully saturated rings. The molecule has 216 valence electrons. The van der Waals surface area contributed by atoms with Crippen LogP contribution in [0.2, 0.25) is 0 Å². The molecule has 12 heteroatoms. The highest BCUT2D eigenvalue weighted by atomic mass is 32.2. The molecular formula is C28H32F3N3O5S. The summed E-state index contributed by atoms with van der Waals surface area (Å²) in [6.07, 6.45) is -3.62. The predicted molar refractivity (Wildman–Crippen MR) is 144 cm³/mol. The Morgan fingerprint density at radius 3 is 2.50 bits per heavy atom. The van der Waals surface area contributed by atoms with Gasteiger partial charge in [-0.15, -0.1) is 13.2 Å². The van der Waals surface area contributed by atoms with Crippen LogP contribution in [0.3, 0.4) is 0 Å². The largest absolute Gasteiger partial charge is 0.573 e. The van der Waals surface area contributed by atoms with E-state index in [-0.39, 0.29) is 61.2 Å². The van der Waals surface area contributed by atoms with Crippen LogP contribution in [-0.4, -0.2) is 61.0 Å². The van der Waals surface area contributed by atoms with Crippen molar-refractivity contribution in [1.82, 2.24) is 9.62 Å². The normalized spacial score (nSPS) is 18.4. The molecule has 0 saturated carbocycles. The highest BCUT2D eigenvalue weighted by Crippen LogP contribution is 2.33. The summed E-state index contributed by atoms with van der Waals surface area (Å²) in [7, 11) is -3.66. The van der Waals surface area contributed by atoms with E-state index in [2.05, 4.69) is 15.0 Å². The molecule has 0 aromatic heterocycles. The maximum Gasteiger partial charge on any atom is 0.573 e. The molecule has 8 nitrogen and oxygen atoms in total. The highest BCUT2D eigenvalue weighted by molar-refractivity contribution is 7.89. The lowest BCUT2D eigenvalue weighted by molar-refractivity contribution is -0.274. The summed E-state index contributed by atoms with van der Waals surface area (Å²) in [5.74, 6) is -0.953. The van der Waals surface area contributed by atoms with Crippen LogP contribution in [-0.2, 0) is 21.2 Å². The number of ketones is 1. The van der Waals surface area contributed by atoms with Crippen molar-refractivity contribution in [2.24, 2.45) is 10.9 Å². The van der Waals surface area contributed by atoms with Crippen LogP contribution in [0.15, 0.2) is 47.5 Å². The summed E-state index contributed by atoms with van der Waals surface area (Å²) in [6.45, 7) is 5.81. The van der Waals surface area contributed by atoms with Gasteiger partial charge in [0.15, 0.2) is 5.78 Å². The number of nitrogens with zero attached hydrogens (tertiary/aromatic N) is 2. The number of Topliss-reactive ketones (excluding diaryl/α,β-unsaturated/α-hetero) is 1. The quantitative estimate of drug-likeness (QED) is 0.444. The predicted octanol–water partition coefficient (Wildman–Crippen LogP) is 4.41. The van der Waals surface area contributed by atoms with Gasteiger partial charge in [-0.1, -0.05) is 44.2 Å². The average molecular weight is 580 g/mol. The molecule has 1 N–H and O–H groups in total. The third-order valence-electron chi connectivity index (χ3n) is 7.67. The first-order chi connectivity index (χ1) is 18.7. The molecule has 2 aromatic rings. The topological polar surface area (TPSA) is 105 Å². The number of benzene rings is 2. The molecule has 1 atom stereocenters. The second-order valence-corrected chi connectivity index (χ2v) is 12.3. The number of ether oxygens (including phenoxy) is 1. The van der Waals surface area contributed by atoms with E-state index in [0.717, 1.165) is 29.7 Å². The lowest BCUT2D eigenvalue weighted by Crippen LogP contribution is -2.50. The number of carbonyl (C=O) groups is 2. The summed E-state index contributed by atoms with van der Waals surface area (Å²) in [6, 6.07) is 10.5. The number of amidine groups is 1. The first-order valence-electron chi connectivity index (χ1n) is 13.1. The Bertz CT molecular complexity index is 1430. The van der Waals surface area contributed by atoms with Crippen molar-refractivity contribution in [3.05, 3.63) is 64.7 Å². The second-order valence-electron chi connectivity index (χ2n) is 10.3. The van der Waals surface area contributed by atoms with Crippen molar-refractivity contribution < 1.29 is 35.9 Å². The maximum atomic E-state index is 13.2. The molecule has 4 rings (SSSR count). The Kier molecular flexibility index (Phi) is 8.41. The van der Waals surface area contributed by atoms with Crippen molar-refractivity contribution in [1.29, 1.82) is 0 Å². The van der Waals surface area contributed by atoms with Gasteiger partial charge < -0.3 is 10.1 Å². The van der Waals surface area contributed by atoms with Gasteiger partial charge in [-0.2, -0.15) is 0 Å². The van der Waals surface area contributed by atoms with Crippen LogP contribution in [0, 0.1) is 12.8 Å². The lowest BCUT2D eigenvalue weighted by atomic mass is 9.89. The number of alkyl halides is 3. The first-order valence-corrected chi connectivity index (χ1v) is 14.7. The lowest BCUT2D eigenvalue weighted by Gasteiger charge is -2.34. The van der Waals surface area contributed by atoms with Crippen LogP contribution in [0.4, 0.5) is 13.2 Å². The van der Waals surface area contributed by atoms with Crippen LogP contribution in [0.25, 0.3) is 0 Å². The molecular weight excluding hydrogens is 547 g/mol. The van der Waals surface area contributed by atoms with Gasteiger partial charge >= 0.3 is 6.36 Å². The highest BCUT2D eigenvalue weighted by Gasteiger charge is 2.47. The van der Waals surface area contributed by atoms with E-state index in [4.69, 9.17) is 0 Å².